The van der Waals surface area contributed by atoms with Crippen LogP contribution in [0.25, 0.3) is 16.9 Å². The zero-order chi connectivity index (χ0) is 20.3. The fourth-order valence-electron chi connectivity index (χ4n) is 2.64. The first-order valence-electron chi connectivity index (χ1n) is 7.93. The second kappa shape index (κ2) is 7.89. The molecule has 0 aliphatic rings. The van der Waals surface area contributed by atoms with Gasteiger partial charge in [0.1, 0.15) is 5.75 Å². The maximum atomic E-state index is 10.9. The maximum absolute atomic E-state index is 10.9. The molecule has 0 spiro atoms. The Morgan fingerprint density at radius 1 is 0.964 bits per heavy atom. The van der Waals surface area contributed by atoms with Crippen LogP contribution < -0.4 is 18.7 Å². The standard InChI is InChI=1S/C17H18N3O7P/c1-24-15-8-12(9-16(25-2)17(15)26-3)20-14(10-18-19-20)11-4-6-13(7-5-11)27-28(21,22)23/h4-10H,1-3H3,(H2,21,22,23). The summed E-state index contributed by atoms with van der Waals surface area (Å²) in [5.74, 6) is 1.42. The van der Waals surface area contributed by atoms with Crippen molar-refractivity contribution in [3.63, 3.8) is 0 Å². The number of phosphoric ester groups is 1. The van der Waals surface area contributed by atoms with E-state index < -0.39 is 7.82 Å². The molecule has 2 N–H and O–H groups in total. The minimum atomic E-state index is -4.62. The van der Waals surface area contributed by atoms with Gasteiger partial charge >= 0.3 is 7.82 Å². The van der Waals surface area contributed by atoms with Gasteiger partial charge < -0.3 is 18.7 Å². The molecule has 1 heterocycles. The minimum absolute atomic E-state index is 0.0453. The number of phosphoric acid groups is 1. The van der Waals surface area contributed by atoms with Gasteiger partial charge in [0, 0.05) is 17.7 Å². The van der Waals surface area contributed by atoms with Crippen LogP contribution in [0.2, 0.25) is 0 Å². The van der Waals surface area contributed by atoms with Crippen LogP contribution in [0.5, 0.6) is 23.0 Å². The van der Waals surface area contributed by atoms with Crippen LogP contribution >= 0.6 is 7.82 Å². The SMILES string of the molecule is COc1cc(-n2nncc2-c2ccc(OP(=O)(O)O)cc2)cc(OC)c1OC. The van der Waals surface area contributed by atoms with E-state index in [2.05, 4.69) is 14.8 Å². The maximum Gasteiger partial charge on any atom is 0.524 e. The summed E-state index contributed by atoms with van der Waals surface area (Å²) in [4.78, 5) is 17.8. The smallest absolute Gasteiger partial charge is 0.493 e. The third-order valence-electron chi connectivity index (χ3n) is 3.82. The first-order chi connectivity index (χ1) is 13.4. The van der Waals surface area contributed by atoms with E-state index in [-0.39, 0.29) is 5.75 Å². The highest BCUT2D eigenvalue weighted by atomic mass is 31.2. The molecule has 10 nitrogen and oxygen atoms in total. The van der Waals surface area contributed by atoms with Crippen LogP contribution in [0, 0.1) is 0 Å². The summed E-state index contributed by atoms with van der Waals surface area (Å²) in [5.41, 5.74) is 1.96. The van der Waals surface area contributed by atoms with E-state index in [1.807, 2.05) is 0 Å². The number of benzene rings is 2. The Morgan fingerprint density at radius 2 is 1.57 bits per heavy atom. The summed E-state index contributed by atoms with van der Waals surface area (Å²) in [6.07, 6.45) is 1.56. The number of ether oxygens (including phenoxy) is 3. The molecule has 0 saturated heterocycles. The predicted molar refractivity (Wildman–Crippen MR) is 99.1 cm³/mol. The number of hydrogen-bond acceptors (Lipinski definition) is 7. The molecule has 2 aromatic carbocycles. The molecule has 28 heavy (non-hydrogen) atoms. The van der Waals surface area contributed by atoms with Gasteiger partial charge in [0.05, 0.1) is 38.9 Å². The average molecular weight is 407 g/mol. The van der Waals surface area contributed by atoms with E-state index in [1.165, 1.54) is 33.5 Å². The highest BCUT2D eigenvalue weighted by Crippen LogP contribution is 2.40. The van der Waals surface area contributed by atoms with Gasteiger partial charge in [-0.25, -0.2) is 9.25 Å². The van der Waals surface area contributed by atoms with Crippen molar-refractivity contribution < 1.29 is 33.1 Å². The van der Waals surface area contributed by atoms with Gasteiger partial charge in [0.25, 0.3) is 0 Å². The molecule has 0 amide bonds. The van der Waals surface area contributed by atoms with Crippen LogP contribution in [-0.2, 0) is 4.57 Å². The van der Waals surface area contributed by atoms with Crippen molar-refractivity contribution in [1.82, 2.24) is 15.0 Å². The molecule has 148 valence electrons. The van der Waals surface area contributed by atoms with E-state index in [1.54, 1.807) is 35.1 Å². The topological polar surface area (TPSA) is 125 Å². The highest BCUT2D eigenvalue weighted by Gasteiger charge is 2.18. The van der Waals surface area contributed by atoms with E-state index in [9.17, 15) is 4.57 Å². The Labute approximate surface area is 160 Å². The van der Waals surface area contributed by atoms with Crippen LogP contribution in [0.3, 0.4) is 0 Å². The molecule has 0 fully saturated rings. The van der Waals surface area contributed by atoms with Gasteiger partial charge in [0.2, 0.25) is 5.75 Å². The lowest BCUT2D eigenvalue weighted by molar-refractivity contribution is 0.283. The summed E-state index contributed by atoms with van der Waals surface area (Å²) < 4.78 is 33.1. The van der Waals surface area contributed by atoms with Crippen molar-refractivity contribution in [2.45, 2.75) is 0 Å². The van der Waals surface area contributed by atoms with Gasteiger partial charge in [-0.05, 0) is 24.3 Å². The average Bonchev–Trinajstić information content (AvgIpc) is 3.15. The van der Waals surface area contributed by atoms with Crippen LogP contribution in [0.1, 0.15) is 0 Å². The van der Waals surface area contributed by atoms with Gasteiger partial charge in [-0.15, -0.1) is 5.10 Å². The zero-order valence-corrected chi connectivity index (χ0v) is 16.2. The molecule has 0 aliphatic carbocycles. The Morgan fingerprint density at radius 3 is 2.07 bits per heavy atom. The molecule has 0 saturated carbocycles. The summed E-state index contributed by atoms with van der Waals surface area (Å²) >= 11 is 0. The fraction of sp³-hybridized carbons (Fsp3) is 0.176. The summed E-state index contributed by atoms with van der Waals surface area (Å²) in [5, 5.41) is 8.06. The van der Waals surface area contributed by atoms with Gasteiger partial charge in [-0.3, -0.25) is 9.79 Å². The summed E-state index contributed by atoms with van der Waals surface area (Å²) in [6.45, 7) is 0. The van der Waals surface area contributed by atoms with Crippen LogP contribution in [0.15, 0.2) is 42.6 Å². The Bertz CT molecular complexity index is 989. The normalized spacial score (nSPS) is 11.2. The van der Waals surface area contributed by atoms with Crippen molar-refractivity contribution >= 4 is 7.82 Å². The van der Waals surface area contributed by atoms with Crippen molar-refractivity contribution in [1.29, 1.82) is 0 Å². The number of rotatable bonds is 7. The number of aromatic nitrogens is 3. The van der Waals surface area contributed by atoms with E-state index in [4.69, 9.17) is 24.0 Å². The Kier molecular flexibility index (Phi) is 5.55. The number of methoxy groups -OCH3 is 3. The first kappa shape index (κ1) is 19.7. The molecule has 0 aliphatic heterocycles. The van der Waals surface area contributed by atoms with Gasteiger partial charge in [-0.2, -0.15) is 0 Å². The second-order valence-electron chi connectivity index (χ2n) is 5.52. The highest BCUT2D eigenvalue weighted by molar-refractivity contribution is 7.46. The van der Waals surface area contributed by atoms with Crippen molar-refractivity contribution in [3.8, 4) is 39.9 Å². The quantitative estimate of drug-likeness (QED) is 0.568. The Balaban J connectivity index is 2.02. The molecular formula is C17H18N3O7P. The summed E-state index contributed by atoms with van der Waals surface area (Å²) in [6, 6.07) is 9.62. The molecule has 1 aromatic heterocycles. The van der Waals surface area contributed by atoms with E-state index in [0.717, 1.165) is 0 Å². The number of hydrogen-bond donors (Lipinski definition) is 2. The van der Waals surface area contributed by atoms with Crippen LogP contribution in [-0.4, -0.2) is 46.1 Å². The van der Waals surface area contributed by atoms with E-state index in [0.29, 0.717) is 34.2 Å². The number of nitrogens with zero attached hydrogens (tertiary/aromatic N) is 3. The Hall–Kier alpha value is -3.07. The third kappa shape index (κ3) is 4.09. The molecular weight excluding hydrogens is 389 g/mol. The van der Waals surface area contributed by atoms with Gasteiger partial charge in [0.15, 0.2) is 11.5 Å². The lowest BCUT2D eigenvalue weighted by Gasteiger charge is -2.15. The largest absolute Gasteiger partial charge is 0.524 e. The molecule has 0 radical (unpaired) electrons. The zero-order valence-electron chi connectivity index (χ0n) is 15.3. The molecule has 0 bridgehead atoms. The molecule has 0 unspecified atom stereocenters. The van der Waals surface area contributed by atoms with Crippen molar-refractivity contribution in [2.24, 2.45) is 0 Å². The molecule has 0 atom stereocenters. The fourth-order valence-corrected chi connectivity index (χ4v) is 3.03. The third-order valence-corrected chi connectivity index (χ3v) is 4.27. The van der Waals surface area contributed by atoms with Crippen LogP contribution in [0.4, 0.5) is 0 Å². The molecule has 3 rings (SSSR count). The minimum Gasteiger partial charge on any atom is -0.493 e. The second-order valence-corrected chi connectivity index (χ2v) is 6.68. The first-order valence-corrected chi connectivity index (χ1v) is 9.46. The lowest BCUT2D eigenvalue weighted by atomic mass is 10.1. The molecule has 11 heteroatoms. The van der Waals surface area contributed by atoms with Crippen molar-refractivity contribution in [2.75, 3.05) is 21.3 Å². The predicted octanol–water partition coefficient (Wildman–Crippen LogP) is 2.43. The van der Waals surface area contributed by atoms with Gasteiger partial charge in [-0.1, -0.05) is 5.21 Å². The van der Waals surface area contributed by atoms with Crippen molar-refractivity contribution in [3.05, 3.63) is 42.6 Å². The summed E-state index contributed by atoms with van der Waals surface area (Å²) in [7, 11) is -0.0658. The molecule has 3 aromatic rings. The monoisotopic (exact) mass is 407 g/mol. The lowest BCUT2D eigenvalue weighted by Crippen LogP contribution is -2.02. The van der Waals surface area contributed by atoms with E-state index >= 15 is 0 Å².